The summed E-state index contributed by atoms with van der Waals surface area (Å²) in [6, 6.07) is 0. The van der Waals surface area contributed by atoms with Gasteiger partial charge in [0, 0.05) is 24.2 Å². The number of fused-ring (bicyclic) bond motifs is 5. The lowest BCUT2D eigenvalue weighted by atomic mass is 9.49. The van der Waals surface area contributed by atoms with Crippen LogP contribution in [0, 0.1) is 47.3 Å². The quantitative estimate of drug-likeness (QED) is 0.641. The van der Waals surface area contributed by atoms with E-state index in [0.29, 0.717) is 41.7 Å². The van der Waals surface area contributed by atoms with Crippen LogP contribution in [0.15, 0.2) is 11.6 Å². The summed E-state index contributed by atoms with van der Waals surface area (Å²) in [4.78, 5) is 24.2. The minimum atomic E-state index is -0.177. The van der Waals surface area contributed by atoms with Gasteiger partial charge in [-0.15, -0.1) is 12.3 Å². The van der Waals surface area contributed by atoms with Gasteiger partial charge >= 0.3 is 0 Å². The van der Waals surface area contributed by atoms with Gasteiger partial charge < -0.3 is 0 Å². The minimum absolute atomic E-state index is 0.177. The Bertz CT molecular complexity index is 608. The fraction of sp³-hybridized carbons (Fsp3) is 0.700. The van der Waals surface area contributed by atoms with Gasteiger partial charge in [-0.25, -0.2) is 0 Å². The van der Waals surface area contributed by atoms with Crippen LogP contribution in [0.3, 0.4) is 0 Å². The number of carbonyl (C=O) groups excluding carboxylic acids is 2. The van der Waals surface area contributed by atoms with Gasteiger partial charge in [0.1, 0.15) is 5.78 Å². The SMILES string of the molecule is C#C[C@H]1C[C@]2(C)C(=O)CC[C@H]2[C@@H]2CCC3=CC(=O)CC[C@@H]3[C@H]21. The average molecular weight is 296 g/mol. The molecule has 0 radical (unpaired) electrons. The van der Waals surface area contributed by atoms with Crippen LogP contribution < -0.4 is 0 Å². The molecule has 0 saturated heterocycles. The maximum atomic E-state index is 12.5. The highest BCUT2D eigenvalue weighted by Crippen LogP contribution is 2.62. The first kappa shape index (κ1) is 14.2. The molecule has 22 heavy (non-hydrogen) atoms. The summed E-state index contributed by atoms with van der Waals surface area (Å²) < 4.78 is 0. The van der Waals surface area contributed by atoms with E-state index in [4.69, 9.17) is 6.42 Å². The third kappa shape index (κ3) is 1.81. The summed E-state index contributed by atoms with van der Waals surface area (Å²) in [6.07, 6.45) is 14.3. The van der Waals surface area contributed by atoms with Crippen molar-refractivity contribution in [1.82, 2.24) is 0 Å². The first-order chi connectivity index (χ1) is 10.5. The zero-order valence-electron chi connectivity index (χ0n) is 13.3. The smallest absolute Gasteiger partial charge is 0.155 e. The third-order valence-electron chi connectivity index (χ3n) is 7.23. The van der Waals surface area contributed by atoms with E-state index in [1.54, 1.807) is 0 Å². The van der Waals surface area contributed by atoms with E-state index < -0.39 is 0 Å². The Morgan fingerprint density at radius 1 is 1.18 bits per heavy atom. The van der Waals surface area contributed by atoms with Crippen molar-refractivity contribution in [2.24, 2.45) is 35.0 Å². The van der Waals surface area contributed by atoms with E-state index in [0.717, 1.165) is 38.5 Å². The van der Waals surface area contributed by atoms with Gasteiger partial charge in [-0.3, -0.25) is 9.59 Å². The molecule has 0 N–H and O–H groups in total. The highest BCUT2D eigenvalue weighted by atomic mass is 16.1. The van der Waals surface area contributed by atoms with Crippen LogP contribution in [-0.4, -0.2) is 11.6 Å². The van der Waals surface area contributed by atoms with Gasteiger partial charge in [0.2, 0.25) is 0 Å². The summed E-state index contributed by atoms with van der Waals surface area (Å²) in [5.41, 5.74) is 1.18. The molecule has 0 aromatic carbocycles. The molecular formula is C20H24O2. The van der Waals surface area contributed by atoms with Crippen LogP contribution in [-0.2, 0) is 9.59 Å². The lowest BCUT2D eigenvalue weighted by Gasteiger charge is -2.54. The highest BCUT2D eigenvalue weighted by Gasteiger charge is 2.58. The van der Waals surface area contributed by atoms with Gasteiger partial charge in [-0.1, -0.05) is 12.5 Å². The molecule has 3 saturated carbocycles. The van der Waals surface area contributed by atoms with Crippen molar-refractivity contribution < 1.29 is 9.59 Å². The molecule has 0 aromatic heterocycles. The molecule has 4 rings (SSSR count). The van der Waals surface area contributed by atoms with Crippen LogP contribution in [0.5, 0.6) is 0 Å². The van der Waals surface area contributed by atoms with E-state index in [2.05, 4.69) is 12.8 Å². The number of rotatable bonds is 0. The second-order valence-electron chi connectivity index (χ2n) is 8.07. The topological polar surface area (TPSA) is 34.1 Å². The minimum Gasteiger partial charge on any atom is -0.299 e. The van der Waals surface area contributed by atoms with E-state index in [1.165, 1.54) is 5.57 Å². The van der Waals surface area contributed by atoms with E-state index in [9.17, 15) is 9.59 Å². The summed E-state index contributed by atoms with van der Waals surface area (Å²) in [6.45, 7) is 2.17. The van der Waals surface area contributed by atoms with Gasteiger partial charge in [0.15, 0.2) is 5.78 Å². The normalized spacial score (nSPS) is 47.1. The van der Waals surface area contributed by atoms with Gasteiger partial charge in [0.25, 0.3) is 0 Å². The molecule has 2 heteroatoms. The van der Waals surface area contributed by atoms with Crippen molar-refractivity contribution >= 4 is 11.6 Å². The van der Waals surface area contributed by atoms with Crippen molar-refractivity contribution in [3.8, 4) is 12.3 Å². The zero-order valence-corrected chi connectivity index (χ0v) is 13.3. The highest BCUT2D eigenvalue weighted by molar-refractivity contribution is 5.91. The maximum Gasteiger partial charge on any atom is 0.155 e. The van der Waals surface area contributed by atoms with Crippen LogP contribution in [0.1, 0.15) is 51.9 Å². The Hall–Kier alpha value is -1.36. The molecule has 2 nitrogen and oxygen atoms in total. The van der Waals surface area contributed by atoms with Crippen LogP contribution in [0.2, 0.25) is 0 Å². The van der Waals surface area contributed by atoms with Gasteiger partial charge in [0.05, 0.1) is 0 Å². The summed E-state index contributed by atoms with van der Waals surface area (Å²) >= 11 is 0. The molecule has 0 spiro atoms. The molecule has 0 aromatic rings. The number of Topliss-reactive ketones (excluding diaryl/α,β-unsaturated/α-hetero) is 1. The number of hydrogen-bond acceptors (Lipinski definition) is 2. The fourth-order valence-electron chi connectivity index (χ4n) is 6.25. The summed E-state index contributed by atoms with van der Waals surface area (Å²) in [5, 5.41) is 0. The molecule has 4 aliphatic rings. The van der Waals surface area contributed by atoms with Crippen molar-refractivity contribution in [2.75, 3.05) is 0 Å². The second kappa shape index (κ2) is 4.82. The first-order valence-corrected chi connectivity index (χ1v) is 8.77. The molecule has 116 valence electrons. The van der Waals surface area contributed by atoms with E-state index in [1.807, 2.05) is 6.08 Å². The molecule has 0 heterocycles. The fourth-order valence-corrected chi connectivity index (χ4v) is 6.25. The molecule has 6 atom stereocenters. The van der Waals surface area contributed by atoms with Crippen molar-refractivity contribution in [1.29, 1.82) is 0 Å². The molecule has 0 amide bonds. The Balaban J connectivity index is 1.73. The molecular weight excluding hydrogens is 272 g/mol. The standard InChI is InChI=1S/C20H24O2/c1-3-12-11-20(2)17(8-9-18(20)22)16-6-4-13-10-14(21)5-7-15(13)19(12)16/h1,10,12,15-17,19H,4-9,11H2,2H3/t12-,15-,16-,17-,19+,20-/m0/s1. The maximum absolute atomic E-state index is 12.5. The van der Waals surface area contributed by atoms with Crippen LogP contribution in [0.25, 0.3) is 0 Å². The summed E-state index contributed by atoms with van der Waals surface area (Å²) in [7, 11) is 0. The van der Waals surface area contributed by atoms with Gasteiger partial charge in [-0.05, 0) is 61.9 Å². The molecule has 0 bridgehead atoms. The van der Waals surface area contributed by atoms with Crippen molar-refractivity contribution in [3.63, 3.8) is 0 Å². The van der Waals surface area contributed by atoms with Crippen LogP contribution in [0.4, 0.5) is 0 Å². The predicted molar refractivity (Wildman–Crippen MR) is 84.8 cm³/mol. The monoisotopic (exact) mass is 296 g/mol. The second-order valence-corrected chi connectivity index (χ2v) is 8.07. The predicted octanol–water partition coefficient (Wildman–Crippen LogP) is 3.56. The summed E-state index contributed by atoms with van der Waals surface area (Å²) in [5.74, 6) is 6.08. The van der Waals surface area contributed by atoms with E-state index in [-0.39, 0.29) is 11.3 Å². The van der Waals surface area contributed by atoms with E-state index >= 15 is 0 Å². The lowest BCUT2D eigenvalue weighted by Crippen LogP contribution is -2.50. The number of allylic oxidation sites excluding steroid dienone is 1. The van der Waals surface area contributed by atoms with Crippen molar-refractivity contribution in [3.05, 3.63) is 11.6 Å². The van der Waals surface area contributed by atoms with Crippen molar-refractivity contribution in [2.45, 2.75) is 51.9 Å². The largest absolute Gasteiger partial charge is 0.299 e. The Labute approximate surface area is 132 Å². The molecule has 3 fully saturated rings. The average Bonchev–Trinajstić information content (AvgIpc) is 2.81. The lowest BCUT2D eigenvalue weighted by molar-refractivity contribution is -0.132. The molecule has 0 unspecified atom stereocenters. The third-order valence-corrected chi connectivity index (χ3v) is 7.23. The Morgan fingerprint density at radius 3 is 2.77 bits per heavy atom. The number of hydrogen-bond donors (Lipinski definition) is 0. The number of ketones is 2. The first-order valence-electron chi connectivity index (χ1n) is 8.77. The molecule has 4 aliphatic carbocycles. The zero-order chi connectivity index (χ0) is 15.5. The number of terminal acetylenes is 1. The number of carbonyl (C=O) groups is 2. The molecule has 0 aliphatic heterocycles. The van der Waals surface area contributed by atoms with Crippen LogP contribution >= 0.6 is 0 Å². The van der Waals surface area contributed by atoms with Gasteiger partial charge in [-0.2, -0.15) is 0 Å². The Kier molecular flexibility index (Phi) is 3.12. The Morgan fingerprint density at radius 2 is 2.00 bits per heavy atom.